The molecule has 3 aromatic heterocycles. The van der Waals surface area contributed by atoms with E-state index < -0.39 is 11.7 Å². The molecule has 388 valence electrons. The van der Waals surface area contributed by atoms with Crippen LogP contribution in [0.3, 0.4) is 0 Å². The Balaban J connectivity index is 1.15. The summed E-state index contributed by atoms with van der Waals surface area (Å²) in [5, 5.41) is 92.4. The molecule has 0 saturated carbocycles. The summed E-state index contributed by atoms with van der Waals surface area (Å²) < 4.78 is 48.8. The van der Waals surface area contributed by atoms with E-state index in [4.69, 9.17) is 4.98 Å². The fourth-order valence-electron chi connectivity index (χ4n) is 11.3. The van der Waals surface area contributed by atoms with E-state index in [1.807, 2.05) is 94.1 Å². The molecule has 11 aromatic rings. The third-order valence-corrected chi connectivity index (χ3v) is 15.0. The quantitative estimate of drug-likeness (QED) is 0.146. The second-order valence-corrected chi connectivity index (χ2v) is 20.0. The number of pyridine rings is 1. The van der Waals surface area contributed by atoms with Crippen LogP contribution in [0.25, 0.3) is 99.6 Å². The van der Waals surface area contributed by atoms with E-state index in [1.165, 1.54) is 24.3 Å². The van der Waals surface area contributed by atoms with Gasteiger partial charge in [-0.2, -0.15) is 60.5 Å². The first kappa shape index (κ1) is 51.9. The van der Waals surface area contributed by atoms with Crippen LogP contribution < -0.4 is 0 Å². The lowest BCUT2D eigenvalue weighted by molar-refractivity contribution is -0.137. The van der Waals surface area contributed by atoms with E-state index in [1.54, 1.807) is 54.7 Å². The Labute approximate surface area is 476 Å². The molecule has 0 saturated heterocycles. The molecule has 84 heavy (non-hydrogen) atoms. The standard InChI is InChI=1S/C69H31F3N12/c70-69(71,72)57-22-47(37-81)21-56(23-57)58-28-68(84-65-7-3-50(54-17-43(33-77)11-44(18-54)34-78)26-61(65)62-27-51(4-8-66(62)84)55-19-45(35-79)12-46(20-55)36-80)82-38-67(58)83-63-5-1-48(52-13-39(29-73)9-40(14-52)30-74)24-59(63)60-25-49(2-6-64(60)83)53-15-41(31-75)10-42(16-53)32-76/h1-19,21-28,38,55H,20H2. The molecule has 0 amide bonds. The van der Waals surface area contributed by atoms with Crippen molar-refractivity contribution in [2.75, 3.05) is 0 Å². The minimum atomic E-state index is -4.87. The average molecular weight is 1090 g/mol. The van der Waals surface area contributed by atoms with Gasteiger partial charge >= 0.3 is 6.18 Å². The van der Waals surface area contributed by atoms with Gasteiger partial charge < -0.3 is 4.57 Å². The summed E-state index contributed by atoms with van der Waals surface area (Å²) in [5.74, 6) is -0.0898. The highest BCUT2D eigenvalue weighted by molar-refractivity contribution is 6.13. The van der Waals surface area contributed by atoms with Crippen LogP contribution in [0.4, 0.5) is 13.2 Å². The van der Waals surface area contributed by atoms with E-state index in [2.05, 4.69) is 48.6 Å². The minimum Gasteiger partial charge on any atom is -0.307 e. The molecule has 1 aliphatic rings. The highest BCUT2D eigenvalue weighted by atomic mass is 19.4. The topological polar surface area (TPSA) is 237 Å². The predicted octanol–water partition coefficient (Wildman–Crippen LogP) is 15.5. The maximum absolute atomic E-state index is 15.0. The van der Waals surface area contributed by atoms with Crippen molar-refractivity contribution in [1.82, 2.24) is 14.1 Å². The molecule has 12 nitrogen and oxygen atoms in total. The predicted molar refractivity (Wildman–Crippen MR) is 307 cm³/mol. The summed E-state index contributed by atoms with van der Waals surface area (Å²) in [7, 11) is 0. The van der Waals surface area contributed by atoms with Crippen LogP contribution in [0.1, 0.15) is 62.4 Å². The van der Waals surface area contributed by atoms with Crippen molar-refractivity contribution in [2.45, 2.75) is 18.5 Å². The van der Waals surface area contributed by atoms with Crippen LogP contribution in [0.5, 0.6) is 0 Å². The maximum atomic E-state index is 15.0. The first-order valence-electron chi connectivity index (χ1n) is 25.6. The van der Waals surface area contributed by atoms with Crippen molar-refractivity contribution in [3.63, 3.8) is 0 Å². The van der Waals surface area contributed by atoms with Crippen molar-refractivity contribution >= 4 is 43.6 Å². The molecule has 1 unspecified atom stereocenters. The number of hydrogen-bond acceptors (Lipinski definition) is 10. The van der Waals surface area contributed by atoms with Crippen molar-refractivity contribution in [3.8, 4) is 111 Å². The monoisotopic (exact) mass is 1080 g/mol. The molecule has 0 aliphatic heterocycles. The van der Waals surface area contributed by atoms with Gasteiger partial charge in [-0.05, 0) is 184 Å². The first-order chi connectivity index (χ1) is 40.7. The van der Waals surface area contributed by atoms with Crippen molar-refractivity contribution in [3.05, 3.63) is 231 Å². The number of alkyl halides is 3. The number of benzene rings is 8. The molecule has 12 rings (SSSR count). The van der Waals surface area contributed by atoms with Crippen LogP contribution in [-0.4, -0.2) is 14.1 Å². The summed E-state index contributed by atoms with van der Waals surface area (Å²) in [6.45, 7) is 0. The summed E-state index contributed by atoms with van der Waals surface area (Å²) in [6, 6.07) is 60.8. The number of nitriles is 9. The number of rotatable bonds is 7. The van der Waals surface area contributed by atoms with Gasteiger partial charge in [0.1, 0.15) is 5.82 Å². The second kappa shape index (κ2) is 20.4. The molecule has 0 fully saturated rings. The zero-order chi connectivity index (χ0) is 58.6. The largest absolute Gasteiger partial charge is 0.416 e. The van der Waals surface area contributed by atoms with Crippen LogP contribution in [-0.2, 0) is 6.18 Å². The molecule has 0 spiro atoms. The van der Waals surface area contributed by atoms with E-state index in [-0.39, 0.29) is 61.8 Å². The minimum absolute atomic E-state index is 0.0349. The average Bonchev–Trinajstić information content (AvgIpc) is 1.94. The Kier molecular flexibility index (Phi) is 12.6. The number of fused-ring (bicyclic) bond motifs is 6. The number of nitrogens with zero attached hydrogens (tertiary/aromatic N) is 12. The summed E-state index contributed by atoms with van der Waals surface area (Å²) in [5.41, 5.74) is 8.50. The van der Waals surface area contributed by atoms with Gasteiger partial charge in [0, 0.05) is 44.2 Å². The molecular formula is C69H31F3N12. The molecule has 0 bridgehead atoms. The lowest BCUT2D eigenvalue weighted by Gasteiger charge is -2.18. The number of hydrogen-bond donors (Lipinski definition) is 0. The zero-order valence-electron chi connectivity index (χ0n) is 43.5. The van der Waals surface area contributed by atoms with Gasteiger partial charge in [-0.3, -0.25) is 4.57 Å². The number of aromatic nitrogens is 3. The molecule has 0 N–H and O–H groups in total. The van der Waals surface area contributed by atoms with Gasteiger partial charge in [0.25, 0.3) is 0 Å². The Hall–Kier alpha value is -12.8. The second-order valence-electron chi connectivity index (χ2n) is 20.0. The summed E-state index contributed by atoms with van der Waals surface area (Å²) in [4.78, 5) is 5.15. The fraction of sp³-hybridized carbons (Fsp3) is 0.0435. The molecule has 15 heteroatoms. The van der Waals surface area contributed by atoms with Crippen LogP contribution in [0, 0.1) is 102 Å². The lowest BCUT2D eigenvalue weighted by Crippen LogP contribution is -2.07. The van der Waals surface area contributed by atoms with E-state index in [9.17, 15) is 47.4 Å². The van der Waals surface area contributed by atoms with Gasteiger partial charge in [-0.25, -0.2) is 4.98 Å². The SMILES string of the molecule is N#CC1=CC(c2ccc3c(c2)c2cc(-c4cc(C#N)cc(C#N)c4)ccc2n3-c2cc(-c3cc(C#N)cc(C(F)(F)F)c3)c(-n3c4ccc(-c5cc(C#N)cc(C#N)c5)cc4c4cc(-c5cc(C#N)cc(C#N)c5)ccc43)cn2)CC(C#N)=C1. The first-order valence-corrected chi connectivity index (χ1v) is 25.6. The van der Waals surface area contributed by atoms with Crippen molar-refractivity contribution in [2.24, 2.45) is 0 Å². The molecule has 1 atom stereocenters. The third kappa shape index (κ3) is 9.08. The van der Waals surface area contributed by atoms with Gasteiger partial charge in [-0.15, -0.1) is 0 Å². The highest BCUT2D eigenvalue weighted by Crippen LogP contribution is 2.44. The van der Waals surface area contributed by atoms with Gasteiger partial charge in [-0.1, -0.05) is 30.3 Å². The fourth-order valence-corrected chi connectivity index (χ4v) is 11.3. The molecule has 3 heterocycles. The van der Waals surface area contributed by atoms with Gasteiger partial charge in [0.15, 0.2) is 0 Å². The van der Waals surface area contributed by atoms with Gasteiger partial charge in [0.2, 0.25) is 0 Å². The van der Waals surface area contributed by atoms with Gasteiger partial charge in [0.05, 0.1) is 133 Å². The Morgan fingerprint density at radius 2 is 0.821 bits per heavy atom. The summed E-state index contributed by atoms with van der Waals surface area (Å²) >= 11 is 0. The molecular weight excluding hydrogens is 1050 g/mol. The molecule has 1 aliphatic carbocycles. The molecule has 8 aromatic carbocycles. The normalized spacial score (nSPS) is 12.8. The Morgan fingerprint density at radius 1 is 0.405 bits per heavy atom. The van der Waals surface area contributed by atoms with Crippen LogP contribution in [0.2, 0.25) is 0 Å². The van der Waals surface area contributed by atoms with Crippen LogP contribution in [0.15, 0.2) is 181 Å². The lowest BCUT2D eigenvalue weighted by atomic mass is 9.85. The Bertz CT molecular complexity index is 5010. The number of allylic oxidation sites excluding steroid dienone is 4. The van der Waals surface area contributed by atoms with Crippen molar-refractivity contribution < 1.29 is 13.2 Å². The smallest absolute Gasteiger partial charge is 0.307 e. The van der Waals surface area contributed by atoms with E-state index in [0.29, 0.717) is 100 Å². The van der Waals surface area contributed by atoms with E-state index >= 15 is 13.2 Å². The zero-order valence-corrected chi connectivity index (χ0v) is 43.5. The molecule has 0 radical (unpaired) electrons. The maximum Gasteiger partial charge on any atom is 0.416 e. The Morgan fingerprint density at radius 3 is 1.25 bits per heavy atom. The highest BCUT2D eigenvalue weighted by Gasteiger charge is 2.32. The number of halogens is 3. The van der Waals surface area contributed by atoms with Crippen molar-refractivity contribution in [1.29, 1.82) is 47.4 Å². The third-order valence-electron chi connectivity index (χ3n) is 15.0. The summed E-state index contributed by atoms with van der Waals surface area (Å²) in [6.07, 6.45) is 0.403. The van der Waals surface area contributed by atoms with Crippen LogP contribution >= 0.6 is 0 Å². The van der Waals surface area contributed by atoms with E-state index in [0.717, 1.165) is 17.7 Å².